The Balaban J connectivity index is 1.96. The van der Waals surface area contributed by atoms with Gasteiger partial charge in [0, 0.05) is 0 Å². The van der Waals surface area contributed by atoms with Crippen LogP contribution < -0.4 is 0 Å². The summed E-state index contributed by atoms with van der Waals surface area (Å²) in [4.78, 5) is 0. The van der Waals surface area contributed by atoms with E-state index >= 15 is 0 Å². The summed E-state index contributed by atoms with van der Waals surface area (Å²) in [5.41, 5.74) is 0. The summed E-state index contributed by atoms with van der Waals surface area (Å²) in [6, 6.07) is 0. The zero-order valence-corrected chi connectivity index (χ0v) is 9.00. The summed E-state index contributed by atoms with van der Waals surface area (Å²) >= 11 is 0. The number of fused-ring (bicyclic) bond motifs is 1. The van der Waals surface area contributed by atoms with Crippen LogP contribution in [0.4, 0.5) is 0 Å². The second kappa shape index (κ2) is 3.86. The fourth-order valence-electron chi connectivity index (χ4n) is 3.11. The highest BCUT2D eigenvalue weighted by atomic mass is 14.4. The third kappa shape index (κ3) is 1.98. The SMILES string of the molecule is CC(C)C1CCC2CC=CCC2C1. The highest BCUT2D eigenvalue weighted by molar-refractivity contribution is 4.97. The van der Waals surface area contributed by atoms with Gasteiger partial charge in [0.1, 0.15) is 0 Å². The van der Waals surface area contributed by atoms with Crippen molar-refractivity contribution < 1.29 is 0 Å². The van der Waals surface area contributed by atoms with Gasteiger partial charge in [0.2, 0.25) is 0 Å². The molecule has 1 fully saturated rings. The van der Waals surface area contributed by atoms with Gasteiger partial charge in [-0.05, 0) is 55.8 Å². The molecule has 0 N–H and O–H groups in total. The topological polar surface area (TPSA) is 0 Å². The summed E-state index contributed by atoms with van der Waals surface area (Å²) in [5, 5.41) is 0. The zero-order chi connectivity index (χ0) is 9.26. The summed E-state index contributed by atoms with van der Waals surface area (Å²) in [7, 11) is 0. The highest BCUT2D eigenvalue weighted by Crippen LogP contribution is 2.42. The molecule has 1 saturated carbocycles. The largest absolute Gasteiger partial charge is 0.0882 e. The number of hydrogen-bond donors (Lipinski definition) is 0. The molecule has 13 heavy (non-hydrogen) atoms. The first kappa shape index (κ1) is 9.30. The molecule has 0 aromatic rings. The van der Waals surface area contributed by atoms with Gasteiger partial charge in [-0.25, -0.2) is 0 Å². The van der Waals surface area contributed by atoms with Gasteiger partial charge in [-0.15, -0.1) is 0 Å². The Labute approximate surface area is 82.4 Å². The molecule has 0 bridgehead atoms. The molecule has 0 aromatic heterocycles. The van der Waals surface area contributed by atoms with Crippen LogP contribution in [-0.4, -0.2) is 0 Å². The molecule has 0 amide bonds. The smallest absolute Gasteiger partial charge is 0.0319 e. The average molecular weight is 178 g/mol. The Morgan fingerprint density at radius 1 is 1.00 bits per heavy atom. The summed E-state index contributed by atoms with van der Waals surface area (Å²) in [6.07, 6.45) is 12.0. The number of hydrogen-bond acceptors (Lipinski definition) is 0. The van der Waals surface area contributed by atoms with Gasteiger partial charge in [-0.1, -0.05) is 26.0 Å². The first-order valence-electron chi connectivity index (χ1n) is 5.92. The van der Waals surface area contributed by atoms with E-state index in [1.807, 2.05) is 0 Å². The van der Waals surface area contributed by atoms with Crippen molar-refractivity contribution in [2.75, 3.05) is 0 Å². The van der Waals surface area contributed by atoms with Gasteiger partial charge in [0.25, 0.3) is 0 Å². The first-order chi connectivity index (χ1) is 6.27. The summed E-state index contributed by atoms with van der Waals surface area (Å²) in [5.74, 6) is 4.01. The third-order valence-corrected chi connectivity index (χ3v) is 4.17. The Morgan fingerprint density at radius 2 is 1.69 bits per heavy atom. The minimum Gasteiger partial charge on any atom is -0.0882 e. The lowest BCUT2D eigenvalue weighted by molar-refractivity contribution is 0.144. The lowest BCUT2D eigenvalue weighted by Gasteiger charge is -2.38. The minimum absolute atomic E-state index is 0.909. The molecule has 0 aliphatic heterocycles. The van der Waals surface area contributed by atoms with Crippen LogP contribution in [0.25, 0.3) is 0 Å². The molecule has 2 aliphatic rings. The van der Waals surface area contributed by atoms with Crippen molar-refractivity contribution in [3.63, 3.8) is 0 Å². The molecule has 3 atom stereocenters. The number of rotatable bonds is 1. The second-order valence-corrected chi connectivity index (χ2v) is 5.28. The molecule has 0 aromatic carbocycles. The van der Waals surface area contributed by atoms with Gasteiger partial charge in [-0.3, -0.25) is 0 Å². The minimum atomic E-state index is 0.909. The van der Waals surface area contributed by atoms with Gasteiger partial charge < -0.3 is 0 Å². The van der Waals surface area contributed by atoms with Crippen LogP contribution in [0.1, 0.15) is 46.0 Å². The van der Waals surface area contributed by atoms with E-state index in [0.717, 1.165) is 23.7 Å². The van der Waals surface area contributed by atoms with Crippen molar-refractivity contribution in [2.45, 2.75) is 46.0 Å². The van der Waals surface area contributed by atoms with Crippen molar-refractivity contribution >= 4 is 0 Å². The van der Waals surface area contributed by atoms with Crippen molar-refractivity contribution in [1.82, 2.24) is 0 Å². The molecular weight excluding hydrogens is 156 g/mol. The molecule has 0 heteroatoms. The van der Waals surface area contributed by atoms with E-state index < -0.39 is 0 Å². The van der Waals surface area contributed by atoms with E-state index in [2.05, 4.69) is 26.0 Å². The first-order valence-corrected chi connectivity index (χ1v) is 5.92. The summed E-state index contributed by atoms with van der Waals surface area (Å²) in [6.45, 7) is 4.79. The number of allylic oxidation sites excluding steroid dienone is 2. The maximum absolute atomic E-state index is 2.41. The predicted molar refractivity (Wildman–Crippen MR) is 57.5 cm³/mol. The van der Waals surface area contributed by atoms with E-state index in [1.54, 1.807) is 0 Å². The fourth-order valence-corrected chi connectivity index (χ4v) is 3.11. The van der Waals surface area contributed by atoms with E-state index in [1.165, 1.54) is 32.1 Å². The lowest BCUT2D eigenvalue weighted by atomic mass is 9.67. The molecule has 2 rings (SSSR count). The summed E-state index contributed by atoms with van der Waals surface area (Å²) < 4.78 is 0. The maximum Gasteiger partial charge on any atom is -0.0319 e. The molecule has 0 radical (unpaired) electrons. The molecule has 0 saturated heterocycles. The quantitative estimate of drug-likeness (QED) is 0.532. The molecule has 0 spiro atoms. The van der Waals surface area contributed by atoms with Crippen LogP contribution in [0.3, 0.4) is 0 Å². The Kier molecular flexibility index (Phi) is 2.76. The molecule has 0 heterocycles. The standard InChI is InChI=1S/C13H22/c1-10(2)12-8-7-11-5-3-4-6-13(11)9-12/h3-4,10-13H,5-9H2,1-2H3. The Hall–Kier alpha value is -0.260. The van der Waals surface area contributed by atoms with Gasteiger partial charge >= 0.3 is 0 Å². The molecule has 3 unspecified atom stereocenters. The van der Waals surface area contributed by atoms with Crippen LogP contribution in [-0.2, 0) is 0 Å². The zero-order valence-electron chi connectivity index (χ0n) is 9.00. The van der Waals surface area contributed by atoms with E-state index in [0.29, 0.717) is 0 Å². The Bertz CT molecular complexity index is 190. The van der Waals surface area contributed by atoms with Crippen molar-refractivity contribution in [3.05, 3.63) is 12.2 Å². The monoisotopic (exact) mass is 178 g/mol. The van der Waals surface area contributed by atoms with Crippen LogP contribution in [0, 0.1) is 23.7 Å². The normalized spacial score (nSPS) is 39.2. The van der Waals surface area contributed by atoms with Crippen LogP contribution >= 0.6 is 0 Å². The maximum atomic E-state index is 2.41. The van der Waals surface area contributed by atoms with Crippen LogP contribution in [0.2, 0.25) is 0 Å². The van der Waals surface area contributed by atoms with Gasteiger partial charge in [-0.2, -0.15) is 0 Å². The van der Waals surface area contributed by atoms with Crippen LogP contribution in [0.5, 0.6) is 0 Å². The highest BCUT2D eigenvalue weighted by Gasteiger charge is 2.31. The van der Waals surface area contributed by atoms with Crippen LogP contribution in [0.15, 0.2) is 12.2 Å². The molecule has 74 valence electrons. The predicted octanol–water partition coefficient (Wildman–Crippen LogP) is 4.02. The fraction of sp³-hybridized carbons (Fsp3) is 0.846. The van der Waals surface area contributed by atoms with Crippen molar-refractivity contribution in [2.24, 2.45) is 23.7 Å². The molecule has 2 aliphatic carbocycles. The third-order valence-electron chi connectivity index (χ3n) is 4.17. The lowest BCUT2D eigenvalue weighted by Crippen LogP contribution is -2.28. The average Bonchev–Trinajstić information content (AvgIpc) is 2.17. The van der Waals surface area contributed by atoms with E-state index in [9.17, 15) is 0 Å². The van der Waals surface area contributed by atoms with Crippen molar-refractivity contribution in [1.29, 1.82) is 0 Å². The Morgan fingerprint density at radius 3 is 2.38 bits per heavy atom. The molecular formula is C13H22. The van der Waals surface area contributed by atoms with Crippen molar-refractivity contribution in [3.8, 4) is 0 Å². The van der Waals surface area contributed by atoms with Gasteiger partial charge in [0.05, 0.1) is 0 Å². The van der Waals surface area contributed by atoms with E-state index in [4.69, 9.17) is 0 Å². The van der Waals surface area contributed by atoms with E-state index in [-0.39, 0.29) is 0 Å². The van der Waals surface area contributed by atoms with Gasteiger partial charge in [0.15, 0.2) is 0 Å². The molecule has 0 nitrogen and oxygen atoms in total. The second-order valence-electron chi connectivity index (χ2n) is 5.28.